The SMILES string of the molecule is Cc1ccc(C(=O)c2cc(C)ccc2F)c(C)c1. The molecule has 0 fully saturated rings. The van der Waals surface area contributed by atoms with Crippen molar-refractivity contribution in [2.45, 2.75) is 20.8 Å². The van der Waals surface area contributed by atoms with Crippen LogP contribution in [-0.2, 0) is 0 Å². The van der Waals surface area contributed by atoms with Crippen molar-refractivity contribution < 1.29 is 9.18 Å². The maximum Gasteiger partial charge on any atom is 0.196 e. The van der Waals surface area contributed by atoms with Crippen molar-refractivity contribution in [2.24, 2.45) is 0 Å². The highest BCUT2D eigenvalue weighted by Crippen LogP contribution is 2.18. The minimum Gasteiger partial charge on any atom is -0.288 e. The Bertz CT molecular complexity index is 614. The van der Waals surface area contributed by atoms with Crippen LogP contribution in [0, 0.1) is 26.6 Å². The summed E-state index contributed by atoms with van der Waals surface area (Å²) < 4.78 is 13.7. The lowest BCUT2D eigenvalue weighted by Gasteiger charge is -2.07. The Morgan fingerprint density at radius 2 is 1.50 bits per heavy atom. The third-order valence-corrected chi connectivity index (χ3v) is 2.99. The fourth-order valence-electron chi connectivity index (χ4n) is 2.03. The number of halogens is 1. The van der Waals surface area contributed by atoms with Crippen LogP contribution in [0.4, 0.5) is 4.39 Å². The number of benzene rings is 2. The van der Waals surface area contributed by atoms with Crippen molar-refractivity contribution in [3.05, 3.63) is 70.0 Å². The third kappa shape index (κ3) is 2.33. The average Bonchev–Trinajstić information content (AvgIpc) is 2.31. The van der Waals surface area contributed by atoms with Gasteiger partial charge in [-0.05, 0) is 38.5 Å². The van der Waals surface area contributed by atoms with E-state index in [2.05, 4.69) is 0 Å². The van der Waals surface area contributed by atoms with Gasteiger partial charge in [0.25, 0.3) is 0 Å². The number of hydrogen-bond donors (Lipinski definition) is 0. The standard InChI is InChI=1S/C16H15FO/c1-10-4-6-13(12(3)8-10)16(18)14-9-11(2)5-7-15(14)17/h4-9H,1-3H3. The number of carbonyl (C=O) groups excluding carboxylic acids is 1. The highest BCUT2D eigenvalue weighted by molar-refractivity contribution is 6.10. The molecule has 0 amide bonds. The summed E-state index contributed by atoms with van der Waals surface area (Å²) in [5.74, 6) is -0.723. The van der Waals surface area contributed by atoms with Crippen LogP contribution in [0.1, 0.15) is 32.6 Å². The van der Waals surface area contributed by atoms with Crippen molar-refractivity contribution in [3.8, 4) is 0 Å². The second-order valence-electron chi connectivity index (χ2n) is 4.63. The molecule has 0 aromatic heterocycles. The summed E-state index contributed by atoms with van der Waals surface area (Å²) in [7, 11) is 0. The van der Waals surface area contributed by atoms with Gasteiger partial charge < -0.3 is 0 Å². The van der Waals surface area contributed by atoms with Gasteiger partial charge in [-0.3, -0.25) is 4.79 Å². The number of hydrogen-bond acceptors (Lipinski definition) is 1. The van der Waals surface area contributed by atoms with E-state index in [-0.39, 0.29) is 11.3 Å². The first-order valence-electron chi connectivity index (χ1n) is 5.87. The fourth-order valence-corrected chi connectivity index (χ4v) is 2.03. The van der Waals surface area contributed by atoms with Gasteiger partial charge in [-0.1, -0.05) is 35.4 Å². The van der Waals surface area contributed by atoms with Crippen LogP contribution < -0.4 is 0 Å². The van der Waals surface area contributed by atoms with Gasteiger partial charge in [-0.2, -0.15) is 0 Å². The zero-order valence-corrected chi connectivity index (χ0v) is 10.8. The van der Waals surface area contributed by atoms with Gasteiger partial charge in [0.2, 0.25) is 0 Å². The van der Waals surface area contributed by atoms with Crippen LogP contribution in [0.5, 0.6) is 0 Å². The number of carbonyl (C=O) groups is 1. The zero-order valence-electron chi connectivity index (χ0n) is 10.8. The van der Waals surface area contributed by atoms with Crippen LogP contribution in [0.25, 0.3) is 0 Å². The molecule has 2 aromatic carbocycles. The minimum atomic E-state index is -0.467. The van der Waals surface area contributed by atoms with E-state index in [1.165, 1.54) is 6.07 Å². The normalized spacial score (nSPS) is 10.4. The molecule has 0 atom stereocenters. The summed E-state index contributed by atoms with van der Waals surface area (Å²) in [4.78, 5) is 12.3. The van der Waals surface area contributed by atoms with Crippen LogP contribution in [0.2, 0.25) is 0 Å². The first-order valence-corrected chi connectivity index (χ1v) is 5.87. The number of aryl methyl sites for hydroxylation is 3. The minimum absolute atomic E-state index is 0.141. The predicted octanol–water partition coefficient (Wildman–Crippen LogP) is 3.98. The molecular formula is C16H15FO. The maximum atomic E-state index is 13.7. The Labute approximate surface area is 106 Å². The monoisotopic (exact) mass is 242 g/mol. The Morgan fingerprint density at radius 3 is 2.17 bits per heavy atom. The number of rotatable bonds is 2. The van der Waals surface area contributed by atoms with Gasteiger partial charge in [-0.15, -0.1) is 0 Å². The van der Waals surface area contributed by atoms with E-state index in [9.17, 15) is 9.18 Å². The first kappa shape index (κ1) is 12.5. The van der Waals surface area contributed by atoms with Crippen molar-refractivity contribution in [2.75, 3.05) is 0 Å². The van der Waals surface area contributed by atoms with Crippen LogP contribution in [0.3, 0.4) is 0 Å². The predicted molar refractivity (Wildman–Crippen MR) is 70.5 cm³/mol. The van der Waals surface area contributed by atoms with E-state index < -0.39 is 5.82 Å². The molecule has 0 unspecified atom stereocenters. The fraction of sp³-hybridized carbons (Fsp3) is 0.188. The Hall–Kier alpha value is -1.96. The van der Waals surface area contributed by atoms with E-state index >= 15 is 0 Å². The van der Waals surface area contributed by atoms with Gasteiger partial charge in [0.15, 0.2) is 5.78 Å². The Balaban J connectivity index is 2.51. The smallest absolute Gasteiger partial charge is 0.196 e. The zero-order chi connectivity index (χ0) is 13.3. The molecule has 0 spiro atoms. The van der Waals surface area contributed by atoms with Crippen LogP contribution in [0.15, 0.2) is 36.4 Å². The van der Waals surface area contributed by atoms with Gasteiger partial charge in [-0.25, -0.2) is 4.39 Å². The molecule has 1 nitrogen and oxygen atoms in total. The van der Waals surface area contributed by atoms with Crippen molar-refractivity contribution in [3.63, 3.8) is 0 Å². The van der Waals surface area contributed by atoms with Crippen LogP contribution in [-0.4, -0.2) is 5.78 Å². The van der Waals surface area contributed by atoms with Gasteiger partial charge >= 0.3 is 0 Å². The summed E-state index contributed by atoms with van der Waals surface area (Å²) in [6, 6.07) is 10.2. The summed E-state index contributed by atoms with van der Waals surface area (Å²) in [5.41, 5.74) is 3.55. The van der Waals surface area contributed by atoms with E-state index in [0.29, 0.717) is 5.56 Å². The molecule has 0 N–H and O–H groups in total. The number of ketones is 1. The van der Waals surface area contributed by atoms with Gasteiger partial charge in [0, 0.05) is 5.56 Å². The maximum absolute atomic E-state index is 13.7. The molecule has 0 heterocycles. The highest BCUT2D eigenvalue weighted by atomic mass is 19.1. The Morgan fingerprint density at radius 1 is 0.889 bits per heavy atom. The molecule has 0 saturated carbocycles. The van der Waals surface area contributed by atoms with E-state index in [4.69, 9.17) is 0 Å². The molecule has 2 heteroatoms. The van der Waals surface area contributed by atoms with Crippen molar-refractivity contribution >= 4 is 5.78 Å². The second-order valence-corrected chi connectivity index (χ2v) is 4.63. The first-order chi connectivity index (χ1) is 8.49. The molecule has 0 saturated heterocycles. The van der Waals surface area contributed by atoms with E-state index in [1.54, 1.807) is 18.2 Å². The lowest BCUT2D eigenvalue weighted by atomic mass is 9.96. The molecule has 0 radical (unpaired) electrons. The lowest BCUT2D eigenvalue weighted by Crippen LogP contribution is -2.06. The molecule has 0 bridgehead atoms. The molecular weight excluding hydrogens is 227 g/mol. The largest absolute Gasteiger partial charge is 0.288 e. The summed E-state index contributed by atoms with van der Waals surface area (Å²) in [6.45, 7) is 5.68. The summed E-state index contributed by atoms with van der Waals surface area (Å²) in [6.07, 6.45) is 0. The average molecular weight is 242 g/mol. The molecule has 0 aliphatic heterocycles. The molecule has 18 heavy (non-hydrogen) atoms. The van der Waals surface area contributed by atoms with Gasteiger partial charge in [0.1, 0.15) is 5.82 Å². The van der Waals surface area contributed by atoms with Crippen molar-refractivity contribution in [1.82, 2.24) is 0 Å². The highest BCUT2D eigenvalue weighted by Gasteiger charge is 2.15. The van der Waals surface area contributed by atoms with Crippen molar-refractivity contribution in [1.29, 1.82) is 0 Å². The molecule has 2 rings (SSSR count). The summed E-state index contributed by atoms with van der Waals surface area (Å²) in [5, 5.41) is 0. The molecule has 0 aliphatic rings. The Kier molecular flexibility index (Phi) is 3.28. The lowest BCUT2D eigenvalue weighted by molar-refractivity contribution is 0.103. The van der Waals surface area contributed by atoms with E-state index in [1.807, 2.05) is 32.9 Å². The van der Waals surface area contributed by atoms with E-state index in [0.717, 1.165) is 16.7 Å². The quantitative estimate of drug-likeness (QED) is 0.728. The second kappa shape index (κ2) is 4.73. The van der Waals surface area contributed by atoms with Crippen LogP contribution >= 0.6 is 0 Å². The molecule has 0 aliphatic carbocycles. The molecule has 2 aromatic rings. The molecule has 92 valence electrons. The topological polar surface area (TPSA) is 17.1 Å². The van der Waals surface area contributed by atoms with Gasteiger partial charge in [0.05, 0.1) is 5.56 Å². The third-order valence-electron chi connectivity index (χ3n) is 2.99. The summed E-state index contributed by atoms with van der Waals surface area (Å²) >= 11 is 0.